The molecule has 3 N–H and O–H groups in total. The van der Waals surface area contributed by atoms with Crippen LogP contribution in [0.2, 0.25) is 10.0 Å². The first kappa shape index (κ1) is 14.1. The van der Waals surface area contributed by atoms with Gasteiger partial charge in [-0.15, -0.1) is 0 Å². The van der Waals surface area contributed by atoms with E-state index in [0.29, 0.717) is 26.5 Å². The van der Waals surface area contributed by atoms with Crippen molar-refractivity contribution in [3.05, 3.63) is 39.5 Å². The fourth-order valence-electron chi connectivity index (χ4n) is 1.81. The van der Waals surface area contributed by atoms with Crippen LogP contribution >= 0.6 is 23.2 Å². The molecule has 0 aliphatic heterocycles. The van der Waals surface area contributed by atoms with Crippen LogP contribution in [0.25, 0.3) is 10.9 Å². The van der Waals surface area contributed by atoms with Crippen molar-refractivity contribution in [3.63, 3.8) is 0 Å². The monoisotopic (exact) mass is 297 g/mol. The van der Waals surface area contributed by atoms with E-state index in [1.807, 2.05) is 13.8 Å². The molecule has 1 aromatic carbocycles. The molecule has 19 heavy (non-hydrogen) atoms. The van der Waals surface area contributed by atoms with Gasteiger partial charge >= 0.3 is 0 Å². The van der Waals surface area contributed by atoms with E-state index in [1.165, 1.54) is 0 Å². The average Bonchev–Trinajstić information content (AvgIpc) is 2.41. The summed E-state index contributed by atoms with van der Waals surface area (Å²) in [5.74, 6) is 4.98. The van der Waals surface area contributed by atoms with Gasteiger partial charge in [-0.05, 0) is 18.1 Å². The molecular weight excluding hydrogens is 285 g/mol. The summed E-state index contributed by atoms with van der Waals surface area (Å²) in [5, 5.41) is 1.37. The lowest BCUT2D eigenvalue weighted by molar-refractivity contribution is 0.0955. The maximum absolute atomic E-state index is 11.9. The predicted octanol–water partition coefficient (Wildman–Crippen LogP) is 3.27. The Kier molecular flexibility index (Phi) is 3.94. The first-order valence-electron chi connectivity index (χ1n) is 5.75. The van der Waals surface area contributed by atoms with Crippen LogP contribution in [0.1, 0.15) is 35.8 Å². The van der Waals surface area contributed by atoms with Crippen LogP contribution in [-0.4, -0.2) is 10.9 Å². The van der Waals surface area contributed by atoms with Crippen LogP contribution in [0.5, 0.6) is 0 Å². The van der Waals surface area contributed by atoms with Crippen LogP contribution in [0, 0.1) is 0 Å². The second kappa shape index (κ2) is 5.33. The van der Waals surface area contributed by atoms with Crippen molar-refractivity contribution >= 4 is 40.0 Å². The molecule has 1 amide bonds. The average molecular weight is 298 g/mol. The Morgan fingerprint density at radius 3 is 2.63 bits per heavy atom. The van der Waals surface area contributed by atoms with Crippen LogP contribution in [-0.2, 0) is 0 Å². The van der Waals surface area contributed by atoms with Gasteiger partial charge in [0.05, 0.1) is 21.1 Å². The van der Waals surface area contributed by atoms with E-state index in [0.717, 1.165) is 5.69 Å². The number of nitrogen functional groups attached to an aromatic ring is 1. The van der Waals surface area contributed by atoms with Gasteiger partial charge in [0.15, 0.2) is 0 Å². The Labute approximate surface area is 120 Å². The number of rotatable bonds is 2. The third kappa shape index (κ3) is 2.52. The van der Waals surface area contributed by atoms with Gasteiger partial charge < -0.3 is 0 Å². The predicted molar refractivity (Wildman–Crippen MR) is 77.5 cm³/mol. The van der Waals surface area contributed by atoms with E-state index < -0.39 is 0 Å². The quantitative estimate of drug-likeness (QED) is 0.508. The van der Waals surface area contributed by atoms with Crippen molar-refractivity contribution in [2.45, 2.75) is 19.8 Å². The molecule has 4 nitrogen and oxygen atoms in total. The molecule has 0 radical (unpaired) electrons. The molecule has 0 aliphatic carbocycles. The number of benzene rings is 1. The summed E-state index contributed by atoms with van der Waals surface area (Å²) < 4.78 is 0. The number of pyridine rings is 1. The number of aromatic nitrogens is 1. The van der Waals surface area contributed by atoms with Gasteiger partial charge in [-0.1, -0.05) is 43.1 Å². The number of halogens is 2. The number of nitrogens with zero attached hydrogens (tertiary/aromatic N) is 1. The first-order chi connectivity index (χ1) is 8.95. The topological polar surface area (TPSA) is 68.0 Å². The Morgan fingerprint density at radius 2 is 2.05 bits per heavy atom. The minimum atomic E-state index is -0.382. The Morgan fingerprint density at radius 1 is 1.37 bits per heavy atom. The van der Waals surface area contributed by atoms with E-state index in [4.69, 9.17) is 29.0 Å². The molecule has 2 rings (SSSR count). The minimum absolute atomic E-state index is 0.156. The molecule has 0 saturated heterocycles. The van der Waals surface area contributed by atoms with Crippen molar-refractivity contribution < 1.29 is 4.79 Å². The lowest BCUT2D eigenvalue weighted by Crippen LogP contribution is -2.30. The van der Waals surface area contributed by atoms with Crippen molar-refractivity contribution in [1.82, 2.24) is 10.4 Å². The number of hydrazine groups is 1. The number of carbonyl (C=O) groups excluding carboxylic acids is 1. The molecule has 0 aliphatic rings. The van der Waals surface area contributed by atoms with Crippen LogP contribution in [0.3, 0.4) is 0 Å². The molecule has 1 heterocycles. The van der Waals surface area contributed by atoms with Crippen LogP contribution in [0.15, 0.2) is 18.2 Å². The zero-order valence-electron chi connectivity index (χ0n) is 10.5. The van der Waals surface area contributed by atoms with Gasteiger partial charge in [0, 0.05) is 11.1 Å². The lowest BCUT2D eigenvalue weighted by Gasteiger charge is -2.12. The van der Waals surface area contributed by atoms with E-state index in [1.54, 1.807) is 18.2 Å². The zero-order valence-corrected chi connectivity index (χ0v) is 12.0. The van der Waals surface area contributed by atoms with Gasteiger partial charge in [0.2, 0.25) is 0 Å². The number of hydrogen-bond donors (Lipinski definition) is 2. The van der Waals surface area contributed by atoms with E-state index >= 15 is 0 Å². The summed E-state index contributed by atoms with van der Waals surface area (Å²) in [5.41, 5.74) is 3.84. The molecule has 0 atom stereocenters. The molecule has 100 valence electrons. The molecule has 0 fully saturated rings. The third-order valence-corrected chi connectivity index (χ3v) is 3.65. The molecule has 2 aromatic rings. The van der Waals surface area contributed by atoms with Crippen molar-refractivity contribution in [2.24, 2.45) is 5.84 Å². The summed E-state index contributed by atoms with van der Waals surface area (Å²) in [7, 11) is 0. The highest BCUT2D eigenvalue weighted by Crippen LogP contribution is 2.32. The van der Waals surface area contributed by atoms with Crippen LogP contribution in [0.4, 0.5) is 0 Å². The number of amides is 1. The summed E-state index contributed by atoms with van der Waals surface area (Å²) >= 11 is 12.2. The summed E-state index contributed by atoms with van der Waals surface area (Å²) in [6, 6.07) is 5.07. The highest BCUT2D eigenvalue weighted by Gasteiger charge is 2.16. The molecule has 0 bridgehead atoms. The summed E-state index contributed by atoms with van der Waals surface area (Å²) in [6.07, 6.45) is 0. The first-order valence-corrected chi connectivity index (χ1v) is 6.51. The van der Waals surface area contributed by atoms with Crippen LogP contribution < -0.4 is 11.3 Å². The molecule has 0 saturated carbocycles. The fourth-order valence-corrected chi connectivity index (χ4v) is 2.17. The normalized spacial score (nSPS) is 11.1. The highest BCUT2D eigenvalue weighted by molar-refractivity contribution is 6.45. The number of hydrogen-bond acceptors (Lipinski definition) is 3. The van der Waals surface area contributed by atoms with Gasteiger partial charge in [0.25, 0.3) is 5.91 Å². The Balaban J connectivity index is 2.86. The highest BCUT2D eigenvalue weighted by atomic mass is 35.5. The van der Waals surface area contributed by atoms with Gasteiger partial charge in [-0.2, -0.15) is 0 Å². The molecular formula is C13H13Cl2N3O. The van der Waals surface area contributed by atoms with Crippen molar-refractivity contribution in [2.75, 3.05) is 0 Å². The maximum atomic E-state index is 11.9. The maximum Gasteiger partial charge on any atom is 0.265 e. The van der Waals surface area contributed by atoms with E-state index in [9.17, 15) is 4.79 Å². The minimum Gasteiger partial charge on any atom is -0.290 e. The second-order valence-corrected chi connectivity index (χ2v) is 5.27. The summed E-state index contributed by atoms with van der Waals surface area (Å²) in [4.78, 5) is 16.3. The van der Waals surface area contributed by atoms with Gasteiger partial charge in [-0.3, -0.25) is 15.2 Å². The second-order valence-electron chi connectivity index (χ2n) is 4.48. The van der Waals surface area contributed by atoms with E-state index in [2.05, 4.69) is 10.4 Å². The number of fused-ring (bicyclic) bond motifs is 1. The Bertz CT molecular complexity index is 656. The van der Waals surface area contributed by atoms with Gasteiger partial charge in [-0.25, -0.2) is 5.84 Å². The number of nitrogens with one attached hydrogen (secondary N) is 1. The molecule has 6 heteroatoms. The van der Waals surface area contributed by atoms with Crippen molar-refractivity contribution in [1.29, 1.82) is 0 Å². The van der Waals surface area contributed by atoms with Crippen molar-refractivity contribution in [3.8, 4) is 0 Å². The fraction of sp³-hybridized carbons (Fsp3) is 0.231. The number of nitrogens with two attached hydrogens (primary N) is 1. The standard InChI is InChI=1S/C13H13Cl2N3O/c1-6(2)10-5-8(13(19)18-16)7-3-4-9(14)11(15)12(7)17-10/h3-6H,16H2,1-2H3,(H,18,19). The molecule has 1 aromatic heterocycles. The largest absolute Gasteiger partial charge is 0.290 e. The third-order valence-electron chi connectivity index (χ3n) is 2.86. The smallest absolute Gasteiger partial charge is 0.265 e. The zero-order chi connectivity index (χ0) is 14.2. The summed E-state index contributed by atoms with van der Waals surface area (Å²) in [6.45, 7) is 3.97. The number of carbonyl (C=O) groups is 1. The molecule has 0 unspecified atom stereocenters. The molecule has 0 spiro atoms. The van der Waals surface area contributed by atoms with E-state index in [-0.39, 0.29) is 11.8 Å². The SMILES string of the molecule is CC(C)c1cc(C(=O)NN)c2ccc(Cl)c(Cl)c2n1. The Hall–Kier alpha value is -1.36. The van der Waals surface area contributed by atoms with Gasteiger partial charge in [0.1, 0.15) is 0 Å². The lowest BCUT2D eigenvalue weighted by atomic mass is 10.0.